The van der Waals surface area contributed by atoms with E-state index in [1.165, 1.54) is 0 Å². The summed E-state index contributed by atoms with van der Waals surface area (Å²) >= 11 is 0. The average molecular weight is 463 g/mol. The molecule has 3 rings (SSSR count). The van der Waals surface area contributed by atoms with Crippen molar-refractivity contribution in [1.82, 2.24) is 10.2 Å². The van der Waals surface area contributed by atoms with Crippen LogP contribution in [0.4, 0.5) is 0 Å². The van der Waals surface area contributed by atoms with Crippen LogP contribution in [-0.4, -0.2) is 53.8 Å². The summed E-state index contributed by atoms with van der Waals surface area (Å²) < 4.78 is 5.48. The maximum absolute atomic E-state index is 11.4. The minimum atomic E-state index is -0.660. The van der Waals surface area contributed by atoms with Crippen LogP contribution in [0.25, 0.3) is 0 Å². The lowest BCUT2D eigenvalue weighted by atomic mass is 10.0. The van der Waals surface area contributed by atoms with Crippen LogP contribution < -0.4 is 10.1 Å². The lowest BCUT2D eigenvalue weighted by Crippen LogP contribution is -2.40. The molecular weight excluding hydrogens is 428 g/mol. The molecular formula is C28H34N2O4. The van der Waals surface area contributed by atoms with Gasteiger partial charge in [0, 0.05) is 26.2 Å². The molecule has 0 bridgehead atoms. The van der Waals surface area contributed by atoms with Crippen LogP contribution in [-0.2, 0) is 11.2 Å². The van der Waals surface area contributed by atoms with Crippen molar-refractivity contribution in [1.29, 1.82) is 0 Å². The Balaban J connectivity index is 1.69. The Labute approximate surface area is 201 Å². The lowest BCUT2D eigenvalue weighted by molar-refractivity contribution is -0.122. The van der Waals surface area contributed by atoms with Crippen molar-refractivity contribution in [3.63, 3.8) is 0 Å². The van der Waals surface area contributed by atoms with E-state index in [1.54, 1.807) is 7.05 Å². The van der Waals surface area contributed by atoms with E-state index in [4.69, 9.17) is 4.74 Å². The fraction of sp³-hybridized carbons (Fsp3) is 0.321. The molecule has 3 aromatic rings. The molecule has 6 nitrogen and oxygen atoms in total. The van der Waals surface area contributed by atoms with Crippen molar-refractivity contribution in [2.45, 2.75) is 31.6 Å². The maximum atomic E-state index is 11.4. The molecule has 0 saturated heterocycles. The summed E-state index contributed by atoms with van der Waals surface area (Å²) in [5, 5.41) is 24.3. The second-order valence-electron chi connectivity index (χ2n) is 8.47. The highest BCUT2D eigenvalue weighted by atomic mass is 16.5. The molecule has 0 aromatic heterocycles. The summed E-state index contributed by atoms with van der Waals surface area (Å²) in [5.74, 6) is 0.457. The zero-order valence-electron chi connectivity index (χ0n) is 19.8. The van der Waals surface area contributed by atoms with Gasteiger partial charge < -0.3 is 20.3 Å². The van der Waals surface area contributed by atoms with E-state index >= 15 is 0 Å². The molecule has 3 N–H and O–H groups in total. The van der Waals surface area contributed by atoms with E-state index in [1.807, 2.05) is 84.9 Å². The Morgan fingerprint density at radius 2 is 1.35 bits per heavy atom. The van der Waals surface area contributed by atoms with Gasteiger partial charge >= 0.3 is 0 Å². The molecule has 0 aliphatic heterocycles. The molecule has 0 heterocycles. The quantitative estimate of drug-likeness (QED) is 0.384. The van der Waals surface area contributed by atoms with E-state index in [9.17, 15) is 15.0 Å². The highest BCUT2D eigenvalue weighted by Gasteiger charge is 2.22. The van der Waals surface area contributed by atoms with Crippen molar-refractivity contribution in [2.75, 3.05) is 26.7 Å². The molecule has 3 aromatic carbocycles. The van der Waals surface area contributed by atoms with E-state index in [-0.39, 0.29) is 18.6 Å². The van der Waals surface area contributed by atoms with Crippen LogP contribution in [0.2, 0.25) is 0 Å². The predicted molar refractivity (Wildman–Crippen MR) is 134 cm³/mol. The van der Waals surface area contributed by atoms with Gasteiger partial charge in [0.1, 0.15) is 5.75 Å². The highest BCUT2D eigenvalue weighted by molar-refractivity contribution is 5.77. The van der Waals surface area contributed by atoms with Crippen LogP contribution in [0.5, 0.6) is 5.75 Å². The second kappa shape index (κ2) is 12.9. The first-order valence-electron chi connectivity index (χ1n) is 11.6. The number of aliphatic hydroxyl groups is 2. The Morgan fingerprint density at radius 1 is 0.853 bits per heavy atom. The number of ether oxygens (including phenoxy) is 1. The van der Waals surface area contributed by atoms with E-state index in [0.29, 0.717) is 18.8 Å². The third-order valence-corrected chi connectivity index (χ3v) is 5.91. The van der Waals surface area contributed by atoms with Gasteiger partial charge in [-0.3, -0.25) is 9.69 Å². The van der Waals surface area contributed by atoms with Gasteiger partial charge in [-0.25, -0.2) is 0 Å². The van der Waals surface area contributed by atoms with Crippen molar-refractivity contribution in [3.8, 4) is 5.75 Å². The van der Waals surface area contributed by atoms with Crippen molar-refractivity contribution in [2.24, 2.45) is 0 Å². The maximum Gasteiger partial charge on any atom is 0.257 e. The van der Waals surface area contributed by atoms with Crippen LogP contribution in [0, 0.1) is 0 Å². The molecule has 0 unspecified atom stereocenters. The van der Waals surface area contributed by atoms with Crippen molar-refractivity contribution in [3.05, 3.63) is 102 Å². The molecule has 0 saturated carbocycles. The Morgan fingerprint density at radius 3 is 1.82 bits per heavy atom. The molecule has 0 spiro atoms. The number of rotatable bonds is 12. The highest BCUT2D eigenvalue weighted by Crippen LogP contribution is 2.22. The fourth-order valence-electron chi connectivity index (χ4n) is 3.85. The van der Waals surface area contributed by atoms with Gasteiger partial charge in [-0.2, -0.15) is 0 Å². The predicted octanol–water partition coefficient (Wildman–Crippen LogP) is 3.51. The van der Waals surface area contributed by atoms with Gasteiger partial charge in [0.2, 0.25) is 0 Å². The van der Waals surface area contributed by atoms with Crippen molar-refractivity contribution >= 4 is 5.91 Å². The topological polar surface area (TPSA) is 82.0 Å². The third kappa shape index (κ3) is 7.70. The summed E-state index contributed by atoms with van der Waals surface area (Å²) in [6.07, 6.45) is -0.585. The molecule has 34 heavy (non-hydrogen) atoms. The summed E-state index contributed by atoms with van der Waals surface area (Å²) in [6, 6.07) is 26.9. The fourth-order valence-corrected chi connectivity index (χ4v) is 3.85. The molecule has 0 radical (unpaired) electrons. The molecule has 1 amide bonds. The molecule has 0 aliphatic carbocycles. The average Bonchev–Trinajstić information content (AvgIpc) is 2.88. The Bertz CT molecular complexity index is 948. The van der Waals surface area contributed by atoms with Gasteiger partial charge in [-0.05, 0) is 42.2 Å². The number of benzene rings is 3. The minimum absolute atomic E-state index is 0.0191. The largest absolute Gasteiger partial charge is 0.484 e. The number of hydrogen-bond acceptors (Lipinski definition) is 5. The summed E-state index contributed by atoms with van der Waals surface area (Å²) in [4.78, 5) is 13.5. The number of nitrogens with zero attached hydrogens (tertiary/aromatic N) is 1. The first kappa shape index (κ1) is 25.4. The van der Waals surface area contributed by atoms with Crippen LogP contribution in [0.1, 0.15) is 35.8 Å². The number of aliphatic hydroxyl groups excluding tert-OH is 2. The molecule has 3 atom stereocenters. The van der Waals surface area contributed by atoms with E-state index in [2.05, 4.69) is 17.1 Å². The summed E-state index contributed by atoms with van der Waals surface area (Å²) in [6.45, 7) is 2.89. The van der Waals surface area contributed by atoms with Crippen molar-refractivity contribution < 1.29 is 19.7 Å². The standard InChI is InChI=1S/C28H34N2O4/c1-21(17-22-13-15-25(16-14-22)34-20-28(33)29-2)30(18-26(31)23-9-5-3-6-10-23)19-27(32)24-11-7-4-8-12-24/h3-16,21,26-27,31-32H,17-20H2,1-2H3,(H,29,33)/t21-,26-,27-/m1/s1. The summed E-state index contributed by atoms with van der Waals surface area (Å²) in [5.41, 5.74) is 2.81. The minimum Gasteiger partial charge on any atom is -0.484 e. The Hall–Kier alpha value is -3.19. The number of hydrogen-bond donors (Lipinski definition) is 3. The number of carbonyl (C=O) groups is 1. The number of likely N-dealkylation sites (N-methyl/N-ethyl adjacent to an activating group) is 1. The Kier molecular flexibility index (Phi) is 9.64. The molecule has 6 heteroatoms. The number of carbonyl (C=O) groups excluding carboxylic acids is 1. The SMILES string of the molecule is CNC(=O)COc1ccc(C[C@@H](C)N(C[C@@H](O)c2ccccc2)C[C@@H](O)c2ccccc2)cc1. The smallest absolute Gasteiger partial charge is 0.257 e. The van der Waals surface area contributed by atoms with Crippen LogP contribution >= 0.6 is 0 Å². The van der Waals surface area contributed by atoms with Gasteiger partial charge in [0.15, 0.2) is 6.61 Å². The monoisotopic (exact) mass is 462 g/mol. The van der Waals surface area contributed by atoms with Crippen LogP contribution in [0.3, 0.4) is 0 Å². The normalized spacial score (nSPS) is 13.8. The first-order chi connectivity index (χ1) is 16.5. The van der Waals surface area contributed by atoms with E-state index in [0.717, 1.165) is 23.1 Å². The molecule has 180 valence electrons. The lowest BCUT2D eigenvalue weighted by Gasteiger charge is -2.33. The van der Waals surface area contributed by atoms with Gasteiger partial charge in [-0.15, -0.1) is 0 Å². The second-order valence-corrected chi connectivity index (χ2v) is 8.47. The number of nitrogens with one attached hydrogen (secondary N) is 1. The zero-order valence-corrected chi connectivity index (χ0v) is 19.8. The summed E-state index contributed by atoms with van der Waals surface area (Å²) in [7, 11) is 1.57. The molecule has 0 aliphatic rings. The zero-order chi connectivity index (χ0) is 24.3. The van der Waals surface area contributed by atoms with Gasteiger partial charge in [-0.1, -0.05) is 72.8 Å². The van der Waals surface area contributed by atoms with E-state index < -0.39 is 12.2 Å². The first-order valence-corrected chi connectivity index (χ1v) is 11.6. The van der Waals surface area contributed by atoms with Gasteiger partial charge in [0.25, 0.3) is 5.91 Å². The molecule has 0 fully saturated rings. The number of amides is 1. The van der Waals surface area contributed by atoms with Gasteiger partial charge in [0.05, 0.1) is 12.2 Å². The third-order valence-electron chi connectivity index (χ3n) is 5.91. The van der Waals surface area contributed by atoms with Crippen LogP contribution in [0.15, 0.2) is 84.9 Å².